The van der Waals surface area contributed by atoms with Crippen LogP contribution in [-0.2, 0) is 32.3 Å². The van der Waals surface area contributed by atoms with Gasteiger partial charge in [0.05, 0.1) is 24.8 Å². The fraction of sp³-hybridized carbons (Fsp3) is 0.429. The van der Waals surface area contributed by atoms with Crippen molar-refractivity contribution in [3.8, 4) is 11.5 Å². The van der Waals surface area contributed by atoms with E-state index in [0.29, 0.717) is 117 Å². The van der Waals surface area contributed by atoms with Crippen LogP contribution in [0.5, 0.6) is 11.5 Å². The topological polar surface area (TPSA) is 316 Å². The first-order valence-corrected chi connectivity index (χ1v) is 23.5. The number of hydrogen-bond acceptors (Lipinski definition) is 15. The maximum atomic E-state index is 13.8. The number of ether oxygens (including phenoxy) is 2. The number of nitrogens with two attached hydrogens (primary N) is 4. The molecular formula is C49H66N14O8. The lowest BCUT2D eigenvalue weighted by Gasteiger charge is -2.34. The summed E-state index contributed by atoms with van der Waals surface area (Å²) in [5.74, 6) is -1.56. The summed E-state index contributed by atoms with van der Waals surface area (Å²) in [4.78, 5) is 98.5. The summed E-state index contributed by atoms with van der Waals surface area (Å²) in [5.41, 5.74) is 26.0. The first-order chi connectivity index (χ1) is 33.9. The second-order valence-corrected chi connectivity index (χ2v) is 16.9. The van der Waals surface area contributed by atoms with Crippen LogP contribution in [0.3, 0.4) is 0 Å². The van der Waals surface area contributed by atoms with Crippen molar-refractivity contribution in [1.82, 2.24) is 28.9 Å². The lowest BCUT2D eigenvalue weighted by molar-refractivity contribution is -0.133. The number of primary amides is 2. The third-order valence-electron chi connectivity index (χ3n) is 11.2. The van der Waals surface area contributed by atoms with Crippen LogP contribution in [0.15, 0.2) is 69.9 Å². The molecule has 22 heteroatoms. The van der Waals surface area contributed by atoms with Gasteiger partial charge in [-0.05, 0) is 90.3 Å². The minimum Gasteiger partial charge on any atom is -0.494 e. The molecule has 0 bridgehead atoms. The van der Waals surface area contributed by atoms with E-state index in [1.165, 1.54) is 37.5 Å². The van der Waals surface area contributed by atoms with Crippen molar-refractivity contribution in [3.05, 3.63) is 71.1 Å². The highest BCUT2D eigenvalue weighted by atomic mass is 16.5. The van der Waals surface area contributed by atoms with Crippen molar-refractivity contribution in [2.75, 3.05) is 70.2 Å². The zero-order chi connectivity index (χ0) is 51.8. The van der Waals surface area contributed by atoms with E-state index in [9.17, 15) is 28.8 Å². The second kappa shape index (κ2) is 25.6. The van der Waals surface area contributed by atoms with Crippen LogP contribution < -0.4 is 43.0 Å². The van der Waals surface area contributed by atoms with E-state index in [-0.39, 0.29) is 71.6 Å². The maximum Gasteiger partial charge on any atom is 0.276 e. The molecule has 0 spiro atoms. The highest BCUT2D eigenvalue weighted by Gasteiger charge is 2.24. The summed E-state index contributed by atoms with van der Waals surface area (Å²) < 4.78 is 15.5. The number of piperazine rings is 1. The monoisotopic (exact) mass is 979 g/mol. The molecule has 5 rings (SSSR count). The molecule has 380 valence electrons. The molecule has 5 amide bonds. The molecule has 71 heavy (non-hydrogen) atoms. The van der Waals surface area contributed by atoms with Crippen molar-refractivity contribution in [3.63, 3.8) is 0 Å². The predicted octanol–water partition coefficient (Wildman–Crippen LogP) is 3.44. The molecule has 22 nitrogen and oxygen atoms in total. The van der Waals surface area contributed by atoms with E-state index in [0.717, 1.165) is 0 Å². The summed E-state index contributed by atoms with van der Waals surface area (Å²) in [5, 5.41) is 5.69. The molecule has 0 radical (unpaired) electrons. The maximum absolute atomic E-state index is 13.8. The third kappa shape index (κ3) is 14.8. The van der Waals surface area contributed by atoms with Crippen LogP contribution in [0.2, 0.25) is 0 Å². The Morgan fingerprint density at radius 1 is 0.676 bits per heavy atom. The van der Waals surface area contributed by atoms with Gasteiger partial charge in [-0.15, -0.1) is 0 Å². The van der Waals surface area contributed by atoms with E-state index in [1.807, 2.05) is 4.90 Å². The fourth-order valence-corrected chi connectivity index (χ4v) is 7.89. The van der Waals surface area contributed by atoms with Gasteiger partial charge < -0.3 is 51.2 Å². The van der Waals surface area contributed by atoms with E-state index >= 15 is 0 Å². The Balaban J connectivity index is 1.46. The van der Waals surface area contributed by atoms with Gasteiger partial charge in [-0.2, -0.15) is 0 Å². The van der Waals surface area contributed by atoms with Gasteiger partial charge >= 0.3 is 0 Å². The number of fused-ring (bicyclic) bond motifs is 2. The number of nitrogens with zero attached hydrogens (tertiary/aromatic N) is 8. The minimum atomic E-state index is -0.708. The number of imidazole rings is 2. The molecule has 4 aromatic rings. The number of anilines is 2. The van der Waals surface area contributed by atoms with Crippen molar-refractivity contribution in [2.45, 2.75) is 79.8 Å². The molecule has 10 N–H and O–H groups in total. The summed E-state index contributed by atoms with van der Waals surface area (Å²) in [7, 11) is 1.43. The number of Topliss-reactive ketones (excluding diaryl/α,β-unsaturated/α-hetero) is 1. The molecule has 1 aliphatic heterocycles. The molecule has 1 fully saturated rings. The number of rotatable bonds is 25. The highest BCUT2D eigenvalue weighted by molar-refractivity contribution is 6.47. The zero-order valence-electron chi connectivity index (χ0n) is 41.4. The zero-order valence-corrected chi connectivity index (χ0v) is 41.4. The van der Waals surface area contributed by atoms with Crippen LogP contribution in [0.25, 0.3) is 22.1 Å². The molecule has 0 saturated carbocycles. The fourth-order valence-electron chi connectivity index (χ4n) is 7.89. The van der Waals surface area contributed by atoms with E-state index in [2.05, 4.69) is 30.5 Å². The Labute approximate surface area is 412 Å². The third-order valence-corrected chi connectivity index (χ3v) is 11.2. The van der Waals surface area contributed by atoms with Crippen molar-refractivity contribution in [1.29, 1.82) is 0 Å². The number of carbonyl (C=O) groups excluding carboxylic acids is 6. The number of amides is 5. The molecule has 1 saturated heterocycles. The average Bonchev–Trinajstić information content (AvgIpc) is 3.85. The lowest BCUT2D eigenvalue weighted by atomic mass is 10.1. The Morgan fingerprint density at radius 3 is 1.61 bits per heavy atom. The van der Waals surface area contributed by atoms with Gasteiger partial charge in [0.1, 0.15) is 39.7 Å². The molecule has 0 unspecified atom stereocenters. The summed E-state index contributed by atoms with van der Waals surface area (Å²) in [6.07, 6.45) is 9.43. The number of hydrogen-bond donors (Lipinski definition) is 6. The van der Waals surface area contributed by atoms with Crippen LogP contribution in [0, 0.1) is 0 Å². The quantitative estimate of drug-likeness (QED) is 0.0315. The Kier molecular flexibility index (Phi) is 19.5. The highest BCUT2D eigenvalue weighted by Crippen LogP contribution is 2.33. The Hall–Kier alpha value is -7.88. The molecule has 0 aliphatic carbocycles. The Bertz CT molecular complexity index is 2780. The van der Waals surface area contributed by atoms with Gasteiger partial charge in [0.15, 0.2) is 0 Å². The molecule has 1 aliphatic rings. The number of unbranched alkanes of at least 4 members (excludes halogenated alkanes) is 1. The first kappa shape index (κ1) is 54.1. The second-order valence-electron chi connectivity index (χ2n) is 16.9. The number of allylic oxidation sites excluding steroid dienone is 4. The van der Waals surface area contributed by atoms with Gasteiger partial charge in [-0.3, -0.25) is 49.5 Å². The number of nitrogens with one attached hydrogen (secondary N) is 2. The van der Waals surface area contributed by atoms with Crippen LogP contribution >= 0.6 is 0 Å². The number of ketones is 1. The molecule has 2 aromatic carbocycles. The van der Waals surface area contributed by atoms with Crippen molar-refractivity contribution in [2.24, 2.45) is 32.9 Å². The number of benzene rings is 2. The SMILES string of the molecule is CCN=C(C=C(C)N)C(=O)Nc1nc2cc(C(N)=O)cc(OC)c2n1C/C=C/Cn1c(NC(=O)C(C=C(C)N)=NCC)nc2cc(C(N)=O)cc(OCCCN3CCN(C(=O)CCCCC(C)=O)CC3)c21. The summed E-state index contributed by atoms with van der Waals surface area (Å²) in [6, 6.07) is 6.05. The number of aromatic nitrogens is 4. The average molecular weight is 979 g/mol. The standard InChI is InChI=1S/C49H66N14O8/c1-7-54-37(24-30(3)50)46(68)58-48-56-35-26-33(44(52)66)28-39(70-6)42(35)62(48)17-11-12-18-63-43-36(57-49(63)59-47(69)38(55-8-2)25-31(4)51)27-34(45(53)67)29-40(43)71-23-13-16-60-19-21-61(22-20-60)41(65)15-10-9-14-32(5)64/h11-12,24-29H,7-10,13-23,50-51H2,1-6H3,(H2,52,66)(H2,53,67)(H,56,58,68)(H,57,59,69)/b12-11+,30-24?,31-25?,54-37?,55-38?. The van der Waals surface area contributed by atoms with E-state index in [1.54, 1.807) is 62.0 Å². The van der Waals surface area contributed by atoms with E-state index < -0.39 is 23.6 Å². The molecule has 3 heterocycles. The largest absolute Gasteiger partial charge is 0.494 e. The smallest absolute Gasteiger partial charge is 0.276 e. The molecule has 2 aromatic heterocycles. The lowest BCUT2D eigenvalue weighted by Crippen LogP contribution is -2.48. The molecule has 0 atom stereocenters. The van der Waals surface area contributed by atoms with Gasteiger partial charge in [0, 0.05) is 94.3 Å². The van der Waals surface area contributed by atoms with Crippen LogP contribution in [-0.4, -0.2) is 135 Å². The van der Waals surface area contributed by atoms with Crippen LogP contribution in [0.4, 0.5) is 11.9 Å². The summed E-state index contributed by atoms with van der Waals surface area (Å²) >= 11 is 0. The van der Waals surface area contributed by atoms with Gasteiger partial charge in [0.2, 0.25) is 29.6 Å². The van der Waals surface area contributed by atoms with Gasteiger partial charge in [-0.25, -0.2) is 9.97 Å². The summed E-state index contributed by atoms with van der Waals surface area (Å²) in [6.45, 7) is 12.8. The normalized spacial score (nSPS) is 14.1. The number of carbonyl (C=O) groups is 6. The minimum absolute atomic E-state index is 0.0741. The first-order valence-electron chi connectivity index (χ1n) is 23.5. The van der Waals surface area contributed by atoms with Crippen LogP contribution in [0.1, 0.15) is 87.4 Å². The Morgan fingerprint density at radius 2 is 1.15 bits per heavy atom. The van der Waals surface area contributed by atoms with Gasteiger partial charge in [0.25, 0.3) is 11.8 Å². The predicted molar refractivity (Wildman–Crippen MR) is 274 cm³/mol. The number of aliphatic imine (C=N–C) groups is 2. The molecular weight excluding hydrogens is 913 g/mol. The van der Waals surface area contributed by atoms with Crippen molar-refractivity contribution < 1.29 is 38.2 Å². The van der Waals surface area contributed by atoms with E-state index in [4.69, 9.17) is 37.4 Å². The number of methoxy groups -OCH3 is 1. The van der Waals surface area contributed by atoms with Gasteiger partial charge in [-0.1, -0.05) is 12.2 Å². The van der Waals surface area contributed by atoms with Crippen molar-refractivity contribution >= 4 is 80.7 Å².